The molecule has 0 radical (unpaired) electrons. The van der Waals surface area contributed by atoms with E-state index in [2.05, 4.69) is 20.9 Å². The SMILES string of the molecule is COC(=O)C(C)(C)CSc1ccc(Br)cn1. The average Bonchev–Trinajstić information content (AvgIpc) is 2.27. The van der Waals surface area contributed by atoms with Crippen LogP contribution in [0.15, 0.2) is 27.8 Å². The van der Waals surface area contributed by atoms with Crippen molar-refractivity contribution in [2.45, 2.75) is 18.9 Å². The molecule has 0 atom stereocenters. The predicted molar refractivity (Wildman–Crippen MR) is 68.5 cm³/mol. The number of methoxy groups -OCH3 is 1. The molecule has 0 amide bonds. The van der Waals surface area contributed by atoms with Crippen molar-refractivity contribution in [3.05, 3.63) is 22.8 Å². The summed E-state index contributed by atoms with van der Waals surface area (Å²) in [6.07, 6.45) is 1.74. The van der Waals surface area contributed by atoms with Crippen molar-refractivity contribution in [2.24, 2.45) is 5.41 Å². The van der Waals surface area contributed by atoms with E-state index in [-0.39, 0.29) is 5.97 Å². The van der Waals surface area contributed by atoms with Gasteiger partial charge < -0.3 is 4.74 Å². The fourth-order valence-corrected chi connectivity index (χ4v) is 2.19. The number of carbonyl (C=O) groups excluding carboxylic acids is 1. The summed E-state index contributed by atoms with van der Waals surface area (Å²) in [7, 11) is 1.41. The summed E-state index contributed by atoms with van der Waals surface area (Å²) in [5.41, 5.74) is -0.492. The monoisotopic (exact) mass is 303 g/mol. The summed E-state index contributed by atoms with van der Waals surface area (Å²) in [4.78, 5) is 15.7. The fraction of sp³-hybridized carbons (Fsp3) is 0.455. The van der Waals surface area contributed by atoms with Crippen molar-refractivity contribution in [1.29, 1.82) is 0 Å². The summed E-state index contributed by atoms with van der Waals surface area (Å²) in [5.74, 6) is 0.450. The molecular weight excluding hydrogens is 290 g/mol. The molecule has 88 valence electrons. The van der Waals surface area contributed by atoms with Gasteiger partial charge in [-0.05, 0) is 41.9 Å². The quantitative estimate of drug-likeness (QED) is 0.633. The number of halogens is 1. The Morgan fingerprint density at radius 2 is 2.25 bits per heavy atom. The largest absolute Gasteiger partial charge is 0.469 e. The molecule has 0 N–H and O–H groups in total. The lowest BCUT2D eigenvalue weighted by Gasteiger charge is -2.20. The number of esters is 1. The summed E-state index contributed by atoms with van der Waals surface area (Å²) < 4.78 is 5.69. The molecule has 0 spiro atoms. The molecule has 0 aliphatic carbocycles. The van der Waals surface area contributed by atoms with Crippen LogP contribution in [0.1, 0.15) is 13.8 Å². The average molecular weight is 304 g/mol. The van der Waals surface area contributed by atoms with E-state index in [1.165, 1.54) is 7.11 Å². The number of ether oxygens (including phenoxy) is 1. The molecule has 1 rings (SSSR count). The molecule has 1 aromatic rings. The van der Waals surface area contributed by atoms with Crippen molar-refractivity contribution in [3.63, 3.8) is 0 Å². The first kappa shape index (κ1) is 13.5. The molecule has 0 saturated carbocycles. The molecule has 0 aliphatic heterocycles. The number of thioether (sulfide) groups is 1. The molecule has 0 bridgehead atoms. The summed E-state index contributed by atoms with van der Waals surface area (Å²) in [5, 5.41) is 0.903. The maximum Gasteiger partial charge on any atom is 0.312 e. The Morgan fingerprint density at radius 1 is 1.56 bits per heavy atom. The molecule has 3 nitrogen and oxygen atoms in total. The van der Waals surface area contributed by atoms with E-state index in [9.17, 15) is 4.79 Å². The number of aromatic nitrogens is 1. The van der Waals surface area contributed by atoms with Gasteiger partial charge >= 0.3 is 5.97 Å². The third-order valence-electron chi connectivity index (χ3n) is 2.02. The van der Waals surface area contributed by atoms with E-state index < -0.39 is 5.41 Å². The highest BCUT2D eigenvalue weighted by Gasteiger charge is 2.28. The first-order chi connectivity index (χ1) is 7.45. The number of carbonyl (C=O) groups is 1. The van der Waals surface area contributed by atoms with Gasteiger partial charge in [0.25, 0.3) is 0 Å². The molecule has 1 heterocycles. The van der Waals surface area contributed by atoms with E-state index in [1.54, 1.807) is 18.0 Å². The second-order valence-electron chi connectivity index (χ2n) is 3.98. The highest BCUT2D eigenvalue weighted by Crippen LogP contribution is 2.27. The van der Waals surface area contributed by atoms with Crippen LogP contribution >= 0.6 is 27.7 Å². The van der Waals surface area contributed by atoms with Gasteiger partial charge in [-0.3, -0.25) is 4.79 Å². The van der Waals surface area contributed by atoms with Crippen LogP contribution < -0.4 is 0 Å². The van der Waals surface area contributed by atoms with Crippen LogP contribution in [0.4, 0.5) is 0 Å². The molecule has 16 heavy (non-hydrogen) atoms. The number of pyridine rings is 1. The van der Waals surface area contributed by atoms with Gasteiger partial charge in [0.15, 0.2) is 0 Å². The van der Waals surface area contributed by atoms with Crippen LogP contribution in [0.25, 0.3) is 0 Å². The molecule has 0 aliphatic rings. The summed E-state index contributed by atoms with van der Waals surface area (Å²) >= 11 is 4.87. The Bertz CT molecular complexity index is 365. The van der Waals surface area contributed by atoms with Crippen LogP contribution in [0, 0.1) is 5.41 Å². The Hall–Kier alpha value is -0.550. The van der Waals surface area contributed by atoms with Crippen molar-refractivity contribution in [1.82, 2.24) is 4.98 Å². The zero-order valence-electron chi connectivity index (χ0n) is 9.49. The number of rotatable bonds is 4. The minimum absolute atomic E-state index is 0.197. The lowest BCUT2D eigenvalue weighted by molar-refractivity contribution is -0.149. The van der Waals surface area contributed by atoms with Crippen LogP contribution in [-0.2, 0) is 9.53 Å². The third-order valence-corrected chi connectivity index (χ3v) is 3.89. The van der Waals surface area contributed by atoms with Gasteiger partial charge in [0.05, 0.1) is 17.6 Å². The number of hydrogen-bond donors (Lipinski definition) is 0. The Kier molecular flexibility index (Phi) is 4.80. The van der Waals surface area contributed by atoms with Crippen molar-refractivity contribution in [2.75, 3.05) is 12.9 Å². The Labute approximate surface area is 108 Å². The van der Waals surface area contributed by atoms with Crippen LogP contribution in [-0.4, -0.2) is 23.8 Å². The van der Waals surface area contributed by atoms with Gasteiger partial charge in [-0.25, -0.2) is 4.98 Å². The van der Waals surface area contributed by atoms with Gasteiger partial charge in [-0.2, -0.15) is 0 Å². The Morgan fingerprint density at radius 3 is 2.75 bits per heavy atom. The number of hydrogen-bond acceptors (Lipinski definition) is 4. The van der Waals surface area contributed by atoms with Gasteiger partial charge in [0.1, 0.15) is 0 Å². The zero-order valence-corrected chi connectivity index (χ0v) is 11.9. The molecule has 0 unspecified atom stereocenters. The maximum absolute atomic E-state index is 11.4. The minimum Gasteiger partial charge on any atom is -0.469 e. The van der Waals surface area contributed by atoms with Crippen LogP contribution in [0.3, 0.4) is 0 Å². The first-order valence-corrected chi connectivity index (χ1v) is 6.56. The highest BCUT2D eigenvalue weighted by molar-refractivity contribution is 9.10. The van der Waals surface area contributed by atoms with E-state index in [4.69, 9.17) is 4.74 Å². The second kappa shape index (κ2) is 5.68. The fourth-order valence-electron chi connectivity index (χ4n) is 1.04. The standard InChI is InChI=1S/C11H14BrNO2S/c1-11(2,10(14)15-3)7-16-9-5-4-8(12)6-13-9/h4-6H,7H2,1-3H3. The van der Waals surface area contributed by atoms with E-state index >= 15 is 0 Å². The molecular formula is C11H14BrNO2S. The third kappa shape index (κ3) is 3.79. The maximum atomic E-state index is 11.4. The topological polar surface area (TPSA) is 39.2 Å². The molecule has 0 saturated heterocycles. The highest BCUT2D eigenvalue weighted by atomic mass is 79.9. The Balaban J connectivity index is 2.57. The smallest absolute Gasteiger partial charge is 0.312 e. The molecule has 0 aromatic carbocycles. The summed E-state index contributed by atoms with van der Waals surface area (Å²) in [6, 6.07) is 3.85. The summed E-state index contributed by atoms with van der Waals surface area (Å²) in [6.45, 7) is 3.73. The van der Waals surface area contributed by atoms with Crippen molar-refractivity contribution >= 4 is 33.7 Å². The normalized spacial score (nSPS) is 11.2. The van der Waals surface area contributed by atoms with Crippen LogP contribution in [0.5, 0.6) is 0 Å². The van der Waals surface area contributed by atoms with Gasteiger partial charge in [-0.1, -0.05) is 0 Å². The van der Waals surface area contributed by atoms with E-state index in [1.807, 2.05) is 26.0 Å². The van der Waals surface area contributed by atoms with Crippen molar-refractivity contribution < 1.29 is 9.53 Å². The lowest BCUT2D eigenvalue weighted by atomic mass is 9.97. The van der Waals surface area contributed by atoms with Crippen molar-refractivity contribution in [3.8, 4) is 0 Å². The number of nitrogens with zero attached hydrogens (tertiary/aromatic N) is 1. The predicted octanol–water partition coefficient (Wildman–Crippen LogP) is 3.14. The van der Waals surface area contributed by atoms with E-state index in [0.29, 0.717) is 5.75 Å². The first-order valence-electron chi connectivity index (χ1n) is 4.78. The lowest BCUT2D eigenvalue weighted by Crippen LogP contribution is -2.28. The second-order valence-corrected chi connectivity index (χ2v) is 5.89. The van der Waals surface area contributed by atoms with Gasteiger partial charge in [0.2, 0.25) is 0 Å². The molecule has 1 aromatic heterocycles. The van der Waals surface area contributed by atoms with Crippen LogP contribution in [0.2, 0.25) is 0 Å². The van der Waals surface area contributed by atoms with Gasteiger partial charge in [-0.15, -0.1) is 11.8 Å². The molecule has 0 fully saturated rings. The van der Waals surface area contributed by atoms with E-state index in [0.717, 1.165) is 9.50 Å². The zero-order chi connectivity index (χ0) is 12.2. The van der Waals surface area contributed by atoms with Gasteiger partial charge in [0, 0.05) is 16.4 Å². The minimum atomic E-state index is -0.492. The molecule has 5 heteroatoms.